The molecule has 11 nitrogen and oxygen atoms in total. The number of rotatable bonds is 6. The Morgan fingerprint density at radius 1 is 0.947 bits per heavy atom. The van der Waals surface area contributed by atoms with Crippen molar-refractivity contribution < 1.29 is 4.74 Å². The van der Waals surface area contributed by atoms with Gasteiger partial charge in [-0.2, -0.15) is 10.4 Å². The van der Waals surface area contributed by atoms with Gasteiger partial charge in [-0.25, -0.2) is 15.0 Å². The lowest BCUT2D eigenvalue weighted by molar-refractivity contribution is 0.246. The average Bonchev–Trinajstić information content (AvgIpc) is 3.59. The van der Waals surface area contributed by atoms with Gasteiger partial charge in [0.05, 0.1) is 37.1 Å². The topological polar surface area (TPSA) is 113 Å². The second kappa shape index (κ2) is 9.91. The van der Waals surface area contributed by atoms with Crippen LogP contribution in [0.3, 0.4) is 0 Å². The number of fused-ring (bicyclic) bond motifs is 1. The van der Waals surface area contributed by atoms with E-state index in [1.165, 1.54) is 0 Å². The Kier molecular flexibility index (Phi) is 6.15. The quantitative estimate of drug-likeness (QED) is 0.343. The van der Waals surface area contributed by atoms with Crippen molar-refractivity contribution in [1.82, 2.24) is 39.0 Å². The third-order valence-corrected chi connectivity index (χ3v) is 6.73. The van der Waals surface area contributed by atoms with E-state index in [2.05, 4.69) is 30.9 Å². The molecule has 5 aromatic rings. The second-order valence-electron chi connectivity index (χ2n) is 9.17. The number of hydrogen-bond acceptors (Lipinski definition) is 9. The largest absolute Gasteiger partial charge is 0.495 e. The highest BCUT2D eigenvalue weighted by molar-refractivity contribution is 5.70. The number of aryl methyl sites for hydroxylation is 1. The molecule has 1 saturated heterocycles. The van der Waals surface area contributed by atoms with Crippen molar-refractivity contribution in [1.29, 1.82) is 5.26 Å². The number of aromatic nitrogens is 7. The number of imidazole rings is 1. The summed E-state index contributed by atoms with van der Waals surface area (Å²) in [5.41, 5.74) is 4.53. The van der Waals surface area contributed by atoms with Crippen LogP contribution in [0.4, 0.5) is 5.82 Å². The van der Waals surface area contributed by atoms with E-state index in [1.807, 2.05) is 49.8 Å². The first-order valence-corrected chi connectivity index (χ1v) is 12.3. The highest BCUT2D eigenvalue weighted by Gasteiger charge is 2.20. The Balaban J connectivity index is 1.21. The lowest BCUT2D eigenvalue weighted by Gasteiger charge is -2.35. The molecule has 0 aromatic carbocycles. The molecule has 1 aliphatic rings. The molecule has 1 fully saturated rings. The summed E-state index contributed by atoms with van der Waals surface area (Å²) in [4.78, 5) is 23.3. The Morgan fingerprint density at radius 3 is 2.47 bits per heavy atom. The van der Waals surface area contributed by atoms with E-state index in [-0.39, 0.29) is 0 Å². The van der Waals surface area contributed by atoms with Gasteiger partial charge in [0.1, 0.15) is 34.8 Å². The van der Waals surface area contributed by atoms with E-state index in [0.29, 0.717) is 17.2 Å². The van der Waals surface area contributed by atoms with Gasteiger partial charge in [-0.1, -0.05) is 0 Å². The molecule has 0 amide bonds. The summed E-state index contributed by atoms with van der Waals surface area (Å²) in [6.45, 7) is 4.41. The van der Waals surface area contributed by atoms with Crippen molar-refractivity contribution in [2.45, 2.75) is 6.54 Å². The fourth-order valence-electron chi connectivity index (χ4n) is 4.68. The van der Waals surface area contributed by atoms with Crippen molar-refractivity contribution in [3.63, 3.8) is 0 Å². The smallest absolute Gasteiger partial charge is 0.148 e. The van der Waals surface area contributed by atoms with Crippen LogP contribution in [-0.2, 0) is 13.6 Å². The highest BCUT2D eigenvalue weighted by Crippen LogP contribution is 2.27. The predicted octanol–water partition coefficient (Wildman–Crippen LogP) is 2.79. The Morgan fingerprint density at radius 2 is 1.82 bits per heavy atom. The van der Waals surface area contributed by atoms with Crippen LogP contribution in [0.1, 0.15) is 11.4 Å². The number of hydrogen-bond donors (Lipinski definition) is 0. The van der Waals surface area contributed by atoms with Crippen LogP contribution in [0.15, 0.2) is 61.3 Å². The molecule has 38 heavy (non-hydrogen) atoms. The standard InChI is InChI=1S/C27H26N10O/c1-34-17-20(14-32-34)24-11-26-31-15-22(12-28)37(26)27(33-24)19-3-6-25(30-13-19)36-9-7-35(8-10-36)18-21-4-5-23(38-2)16-29-21/h3-6,11,13-17H,7-10,18H2,1-2H3. The van der Waals surface area contributed by atoms with Crippen LogP contribution in [-0.4, -0.2) is 72.3 Å². The first-order valence-electron chi connectivity index (χ1n) is 12.3. The number of anilines is 1. The molecule has 6 heterocycles. The third-order valence-electron chi connectivity index (χ3n) is 6.73. The molecule has 1 aliphatic heterocycles. The van der Waals surface area contributed by atoms with Crippen molar-refractivity contribution >= 4 is 11.5 Å². The number of pyridine rings is 2. The van der Waals surface area contributed by atoms with Gasteiger partial charge in [0.2, 0.25) is 0 Å². The van der Waals surface area contributed by atoms with E-state index >= 15 is 0 Å². The van der Waals surface area contributed by atoms with Gasteiger partial charge in [-0.15, -0.1) is 0 Å². The fraction of sp³-hybridized carbons (Fsp3) is 0.259. The minimum absolute atomic E-state index is 0.423. The van der Waals surface area contributed by atoms with Crippen LogP contribution in [0, 0.1) is 11.3 Å². The van der Waals surface area contributed by atoms with Crippen molar-refractivity contribution in [3.05, 3.63) is 72.7 Å². The third kappa shape index (κ3) is 4.53. The zero-order valence-corrected chi connectivity index (χ0v) is 21.2. The summed E-state index contributed by atoms with van der Waals surface area (Å²) >= 11 is 0. The Hall–Kier alpha value is -4.82. The molecular formula is C27H26N10O. The molecule has 6 rings (SSSR count). The summed E-state index contributed by atoms with van der Waals surface area (Å²) in [6.07, 6.45) is 8.82. The van der Waals surface area contributed by atoms with Crippen LogP contribution >= 0.6 is 0 Å². The molecule has 0 N–H and O–H groups in total. The first-order chi connectivity index (χ1) is 18.6. The van der Waals surface area contributed by atoms with Crippen molar-refractivity contribution in [2.24, 2.45) is 7.05 Å². The number of nitriles is 1. The first kappa shape index (κ1) is 23.6. The highest BCUT2D eigenvalue weighted by atomic mass is 16.5. The maximum absolute atomic E-state index is 9.65. The zero-order chi connectivity index (χ0) is 26.1. The maximum atomic E-state index is 9.65. The van der Waals surface area contributed by atoms with Crippen LogP contribution in [0.5, 0.6) is 5.75 Å². The Labute approximate surface area is 219 Å². The molecule has 0 radical (unpaired) electrons. The van der Waals surface area contributed by atoms with E-state index in [9.17, 15) is 5.26 Å². The number of methoxy groups -OCH3 is 1. The normalized spacial score (nSPS) is 14.1. The van der Waals surface area contributed by atoms with Crippen LogP contribution in [0.2, 0.25) is 0 Å². The van der Waals surface area contributed by atoms with Gasteiger partial charge < -0.3 is 9.64 Å². The van der Waals surface area contributed by atoms with E-state index < -0.39 is 0 Å². The van der Waals surface area contributed by atoms with Crippen molar-refractivity contribution in [2.75, 3.05) is 38.2 Å². The molecule has 0 bridgehead atoms. The van der Waals surface area contributed by atoms with Crippen LogP contribution in [0.25, 0.3) is 28.3 Å². The summed E-state index contributed by atoms with van der Waals surface area (Å²) in [6, 6.07) is 12.1. The summed E-state index contributed by atoms with van der Waals surface area (Å²) in [7, 11) is 3.51. The molecule has 0 atom stereocenters. The van der Waals surface area contributed by atoms with Crippen LogP contribution < -0.4 is 9.64 Å². The summed E-state index contributed by atoms with van der Waals surface area (Å²) in [5.74, 6) is 2.30. The SMILES string of the molecule is COc1ccc(CN2CCN(c3ccc(-c4nc(-c5cnn(C)c5)cc5ncc(C#N)n45)cn3)CC2)nc1. The monoisotopic (exact) mass is 506 g/mol. The number of ether oxygens (including phenoxy) is 1. The van der Waals surface area contributed by atoms with Crippen molar-refractivity contribution in [3.8, 4) is 34.5 Å². The summed E-state index contributed by atoms with van der Waals surface area (Å²) < 4.78 is 8.70. The number of piperazine rings is 1. The predicted molar refractivity (Wildman–Crippen MR) is 141 cm³/mol. The minimum Gasteiger partial charge on any atom is -0.495 e. The maximum Gasteiger partial charge on any atom is 0.148 e. The van der Waals surface area contributed by atoms with Gasteiger partial charge in [0, 0.05) is 69.4 Å². The van der Waals surface area contributed by atoms with E-state index in [0.717, 1.165) is 66.8 Å². The molecular weight excluding hydrogens is 480 g/mol. The van der Waals surface area contributed by atoms with Gasteiger partial charge in [0.25, 0.3) is 0 Å². The van der Waals surface area contributed by atoms with Gasteiger partial charge >= 0.3 is 0 Å². The average molecular weight is 507 g/mol. The second-order valence-corrected chi connectivity index (χ2v) is 9.17. The zero-order valence-electron chi connectivity index (χ0n) is 21.2. The lowest BCUT2D eigenvalue weighted by Crippen LogP contribution is -2.46. The van der Waals surface area contributed by atoms with Gasteiger partial charge in [-0.3, -0.25) is 19.0 Å². The molecule has 190 valence electrons. The minimum atomic E-state index is 0.423. The molecule has 0 spiro atoms. The van der Waals surface area contributed by atoms with E-state index in [4.69, 9.17) is 14.7 Å². The van der Waals surface area contributed by atoms with E-state index in [1.54, 1.807) is 34.8 Å². The molecule has 0 unspecified atom stereocenters. The fourth-order valence-corrected chi connectivity index (χ4v) is 4.68. The molecule has 11 heteroatoms. The Bertz CT molecular complexity index is 1610. The lowest BCUT2D eigenvalue weighted by atomic mass is 10.2. The van der Waals surface area contributed by atoms with Gasteiger partial charge in [0.15, 0.2) is 0 Å². The molecule has 5 aromatic heterocycles. The summed E-state index contributed by atoms with van der Waals surface area (Å²) in [5, 5.41) is 13.9. The molecule has 0 saturated carbocycles. The van der Waals surface area contributed by atoms with Gasteiger partial charge in [-0.05, 0) is 24.3 Å². The molecule has 0 aliphatic carbocycles. The number of nitrogens with zero attached hydrogens (tertiary/aromatic N) is 10.